The van der Waals surface area contributed by atoms with Crippen LogP contribution in [-0.4, -0.2) is 30.4 Å². The Morgan fingerprint density at radius 3 is 2.45 bits per heavy atom. The molecule has 2 atom stereocenters. The van der Waals surface area contributed by atoms with Gasteiger partial charge in [0.2, 0.25) is 0 Å². The number of nitrogens with one attached hydrogen (secondary N) is 2. The van der Waals surface area contributed by atoms with Gasteiger partial charge >= 0.3 is 5.97 Å². The van der Waals surface area contributed by atoms with Gasteiger partial charge in [-0.3, -0.25) is 9.59 Å². The number of carbonyl (C=O) groups excluding carboxylic acids is 3. The van der Waals surface area contributed by atoms with Crippen LogP contribution in [0, 0.1) is 5.92 Å². The molecule has 0 aromatic heterocycles. The highest BCUT2D eigenvalue weighted by Gasteiger charge is 2.28. The van der Waals surface area contributed by atoms with Crippen LogP contribution >= 0.6 is 27.5 Å². The van der Waals surface area contributed by atoms with Crippen molar-refractivity contribution < 1.29 is 19.1 Å². The second-order valence-corrected chi connectivity index (χ2v) is 7.86. The van der Waals surface area contributed by atoms with Crippen molar-refractivity contribution in [3.8, 4) is 0 Å². The standard InChI is InChI=1S/C21H22BrClN2O4/c1-3-13(2)19(25-20(27)14-7-9-16(23)10-8-14)21(28)29-12-18(26)24-17-6-4-5-15(22)11-17/h4-11,13,19H,3,12H2,1-2H3,(H,24,26)(H,25,27)/t13-,19-/m1/s1. The van der Waals surface area contributed by atoms with Crippen LogP contribution in [0.2, 0.25) is 5.02 Å². The smallest absolute Gasteiger partial charge is 0.329 e. The lowest BCUT2D eigenvalue weighted by atomic mass is 9.99. The molecule has 0 heterocycles. The Balaban J connectivity index is 1.96. The van der Waals surface area contributed by atoms with E-state index in [9.17, 15) is 14.4 Å². The molecule has 0 aliphatic rings. The summed E-state index contributed by atoms with van der Waals surface area (Å²) in [5.74, 6) is -1.72. The molecule has 0 radical (unpaired) electrons. The maximum atomic E-state index is 12.5. The van der Waals surface area contributed by atoms with E-state index in [-0.39, 0.29) is 5.92 Å². The summed E-state index contributed by atoms with van der Waals surface area (Å²) in [6.45, 7) is 3.28. The molecule has 154 valence electrons. The Labute approximate surface area is 183 Å². The van der Waals surface area contributed by atoms with Gasteiger partial charge < -0.3 is 15.4 Å². The van der Waals surface area contributed by atoms with E-state index in [1.807, 2.05) is 19.9 Å². The first-order chi connectivity index (χ1) is 13.8. The van der Waals surface area contributed by atoms with E-state index in [1.165, 1.54) is 0 Å². The number of anilines is 1. The SMILES string of the molecule is CC[C@@H](C)[C@@H](NC(=O)c1ccc(Cl)cc1)C(=O)OCC(=O)Nc1cccc(Br)c1. The summed E-state index contributed by atoms with van der Waals surface area (Å²) >= 11 is 9.16. The summed E-state index contributed by atoms with van der Waals surface area (Å²) in [5.41, 5.74) is 0.956. The van der Waals surface area contributed by atoms with Gasteiger partial charge in [0, 0.05) is 20.7 Å². The lowest BCUT2D eigenvalue weighted by molar-refractivity contribution is -0.150. The highest BCUT2D eigenvalue weighted by molar-refractivity contribution is 9.10. The van der Waals surface area contributed by atoms with Crippen LogP contribution in [0.25, 0.3) is 0 Å². The molecular formula is C21H22BrClN2O4. The summed E-state index contributed by atoms with van der Waals surface area (Å²) < 4.78 is 5.96. The van der Waals surface area contributed by atoms with Gasteiger partial charge in [0.05, 0.1) is 0 Å². The van der Waals surface area contributed by atoms with E-state index in [1.54, 1.807) is 42.5 Å². The van der Waals surface area contributed by atoms with Gasteiger partial charge in [-0.15, -0.1) is 0 Å². The fraction of sp³-hybridized carbons (Fsp3) is 0.286. The number of rotatable bonds is 8. The van der Waals surface area contributed by atoms with Crippen molar-refractivity contribution in [2.75, 3.05) is 11.9 Å². The van der Waals surface area contributed by atoms with Gasteiger partial charge in [-0.1, -0.05) is 53.9 Å². The maximum Gasteiger partial charge on any atom is 0.329 e. The molecule has 29 heavy (non-hydrogen) atoms. The normalized spacial score (nSPS) is 12.6. The number of benzene rings is 2. The van der Waals surface area contributed by atoms with Gasteiger partial charge in [0.25, 0.3) is 11.8 Å². The van der Waals surface area contributed by atoms with Crippen molar-refractivity contribution in [2.24, 2.45) is 5.92 Å². The second kappa shape index (κ2) is 11.0. The lowest BCUT2D eigenvalue weighted by Gasteiger charge is -2.22. The van der Waals surface area contributed by atoms with Crippen molar-refractivity contribution in [3.63, 3.8) is 0 Å². The highest BCUT2D eigenvalue weighted by atomic mass is 79.9. The minimum Gasteiger partial charge on any atom is -0.454 e. The Kier molecular flexibility index (Phi) is 8.67. The van der Waals surface area contributed by atoms with Crippen LogP contribution in [0.5, 0.6) is 0 Å². The van der Waals surface area contributed by atoms with Crippen molar-refractivity contribution in [1.82, 2.24) is 5.32 Å². The molecule has 0 saturated carbocycles. The quantitative estimate of drug-likeness (QED) is 0.546. The summed E-state index contributed by atoms with van der Waals surface area (Å²) in [4.78, 5) is 37.0. The second-order valence-electron chi connectivity index (χ2n) is 6.51. The molecule has 0 saturated heterocycles. The summed E-state index contributed by atoms with van der Waals surface area (Å²) in [7, 11) is 0. The summed E-state index contributed by atoms with van der Waals surface area (Å²) in [6.07, 6.45) is 0.644. The van der Waals surface area contributed by atoms with Gasteiger partial charge in [0.15, 0.2) is 6.61 Å². The van der Waals surface area contributed by atoms with E-state index in [0.717, 1.165) is 4.47 Å². The molecule has 0 unspecified atom stereocenters. The van der Waals surface area contributed by atoms with Crippen LogP contribution in [0.3, 0.4) is 0 Å². The van der Waals surface area contributed by atoms with Crippen LogP contribution in [0.4, 0.5) is 5.69 Å². The number of hydrogen-bond donors (Lipinski definition) is 2. The number of carbonyl (C=O) groups is 3. The minimum absolute atomic E-state index is 0.174. The molecule has 0 aliphatic carbocycles. The number of ether oxygens (including phenoxy) is 1. The van der Waals surface area contributed by atoms with Crippen LogP contribution < -0.4 is 10.6 Å². The number of esters is 1. The van der Waals surface area contributed by atoms with Gasteiger partial charge in [-0.25, -0.2) is 4.79 Å². The third-order valence-electron chi connectivity index (χ3n) is 4.31. The molecule has 0 fully saturated rings. The fourth-order valence-electron chi connectivity index (χ4n) is 2.48. The predicted octanol–water partition coefficient (Wildman–Crippen LogP) is 4.43. The monoisotopic (exact) mass is 480 g/mol. The topological polar surface area (TPSA) is 84.5 Å². The van der Waals surface area contributed by atoms with E-state index in [4.69, 9.17) is 16.3 Å². The summed E-state index contributed by atoms with van der Waals surface area (Å²) in [5, 5.41) is 5.85. The van der Waals surface area contributed by atoms with Crippen molar-refractivity contribution in [3.05, 3.63) is 63.6 Å². The van der Waals surface area contributed by atoms with E-state index in [0.29, 0.717) is 22.7 Å². The molecule has 2 rings (SSSR count). The Hall–Kier alpha value is -2.38. The molecule has 0 bridgehead atoms. The average molecular weight is 482 g/mol. The summed E-state index contributed by atoms with van der Waals surface area (Å²) in [6, 6.07) is 12.5. The zero-order chi connectivity index (χ0) is 21.4. The van der Waals surface area contributed by atoms with Crippen molar-refractivity contribution in [1.29, 1.82) is 0 Å². The van der Waals surface area contributed by atoms with E-state index in [2.05, 4.69) is 26.6 Å². The molecular weight excluding hydrogens is 460 g/mol. The number of amides is 2. The van der Waals surface area contributed by atoms with Gasteiger partial charge in [-0.2, -0.15) is 0 Å². The Morgan fingerprint density at radius 2 is 1.83 bits per heavy atom. The molecule has 0 spiro atoms. The lowest BCUT2D eigenvalue weighted by Crippen LogP contribution is -2.46. The predicted molar refractivity (Wildman–Crippen MR) is 116 cm³/mol. The first-order valence-electron chi connectivity index (χ1n) is 9.08. The minimum atomic E-state index is -0.873. The van der Waals surface area contributed by atoms with E-state index < -0.39 is 30.4 Å². The third-order valence-corrected chi connectivity index (χ3v) is 5.06. The zero-order valence-electron chi connectivity index (χ0n) is 16.1. The van der Waals surface area contributed by atoms with Crippen LogP contribution in [0.15, 0.2) is 53.0 Å². The molecule has 8 heteroatoms. The first kappa shape index (κ1) is 22.9. The number of halogens is 2. The zero-order valence-corrected chi connectivity index (χ0v) is 18.4. The van der Waals surface area contributed by atoms with Crippen LogP contribution in [0.1, 0.15) is 30.6 Å². The van der Waals surface area contributed by atoms with Gasteiger partial charge in [0.1, 0.15) is 6.04 Å². The molecule has 2 N–H and O–H groups in total. The molecule has 2 aromatic carbocycles. The molecule has 0 aliphatic heterocycles. The molecule has 2 aromatic rings. The third kappa shape index (κ3) is 7.18. The van der Waals surface area contributed by atoms with Gasteiger partial charge in [-0.05, 0) is 48.4 Å². The highest BCUT2D eigenvalue weighted by Crippen LogP contribution is 2.16. The van der Waals surface area contributed by atoms with Crippen molar-refractivity contribution >= 4 is 51.0 Å². The maximum absolute atomic E-state index is 12.5. The number of hydrogen-bond acceptors (Lipinski definition) is 4. The Morgan fingerprint density at radius 1 is 1.14 bits per heavy atom. The fourth-order valence-corrected chi connectivity index (χ4v) is 3.01. The molecule has 2 amide bonds. The Bertz CT molecular complexity index is 873. The molecule has 6 nitrogen and oxygen atoms in total. The average Bonchev–Trinajstić information content (AvgIpc) is 2.70. The first-order valence-corrected chi connectivity index (χ1v) is 10.3. The van der Waals surface area contributed by atoms with Crippen molar-refractivity contribution in [2.45, 2.75) is 26.3 Å². The van der Waals surface area contributed by atoms with E-state index >= 15 is 0 Å². The van der Waals surface area contributed by atoms with Crippen LogP contribution in [-0.2, 0) is 14.3 Å². The largest absolute Gasteiger partial charge is 0.454 e.